The predicted octanol–water partition coefficient (Wildman–Crippen LogP) is 1.42. The molecule has 2 heterocycles. The van der Waals surface area contributed by atoms with Crippen LogP contribution in [0.3, 0.4) is 0 Å². The number of anilines is 1. The Labute approximate surface area is 94.1 Å². The maximum Gasteiger partial charge on any atom is 0.162 e. The summed E-state index contributed by atoms with van der Waals surface area (Å²) in [4.78, 5) is 8.68. The van der Waals surface area contributed by atoms with Crippen LogP contribution in [0, 0.1) is 0 Å². The van der Waals surface area contributed by atoms with E-state index in [4.69, 9.17) is 5.11 Å². The van der Waals surface area contributed by atoms with Gasteiger partial charge >= 0.3 is 0 Å². The Morgan fingerprint density at radius 3 is 2.94 bits per heavy atom. The summed E-state index contributed by atoms with van der Waals surface area (Å²) in [5, 5.41) is 11.9. The van der Waals surface area contributed by atoms with Crippen molar-refractivity contribution in [2.75, 3.05) is 18.5 Å². The minimum Gasteiger partial charge on any atom is -0.395 e. The molecule has 0 saturated carbocycles. The first kappa shape index (κ1) is 10.9. The molecule has 16 heavy (non-hydrogen) atoms. The third kappa shape index (κ3) is 1.86. The van der Waals surface area contributed by atoms with Crippen molar-refractivity contribution < 1.29 is 5.11 Å². The van der Waals surface area contributed by atoms with Gasteiger partial charge in [0, 0.05) is 18.8 Å². The molecule has 86 valence electrons. The summed E-state index contributed by atoms with van der Waals surface area (Å²) in [6.45, 7) is 4.82. The van der Waals surface area contributed by atoms with Crippen LogP contribution in [-0.2, 0) is 0 Å². The van der Waals surface area contributed by atoms with Crippen molar-refractivity contribution in [3.05, 3.63) is 18.6 Å². The number of nitrogens with one attached hydrogen (secondary N) is 1. The minimum atomic E-state index is 0.106. The van der Waals surface area contributed by atoms with Crippen molar-refractivity contribution >= 4 is 16.9 Å². The SMILES string of the molecule is CC(C)n1cnc2c(NCCO)ccnc21. The molecule has 0 aliphatic heterocycles. The highest BCUT2D eigenvalue weighted by atomic mass is 16.3. The molecule has 0 bridgehead atoms. The molecule has 0 aliphatic carbocycles. The second kappa shape index (κ2) is 4.49. The molecule has 2 aromatic heterocycles. The summed E-state index contributed by atoms with van der Waals surface area (Å²) in [5.74, 6) is 0. The van der Waals surface area contributed by atoms with E-state index in [0.717, 1.165) is 16.9 Å². The standard InChI is InChI=1S/C11H16N4O/c1-8(2)15-7-14-10-9(12-5-6-16)3-4-13-11(10)15/h3-4,7-8,16H,5-6H2,1-2H3,(H,12,13). The van der Waals surface area contributed by atoms with Gasteiger partial charge in [0.25, 0.3) is 0 Å². The van der Waals surface area contributed by atoms with Gasteiger partial charge < -0.3 is 15.0 Å². The fourth-order valence-electron chi connectivity index (χ4n) is 1.64. The zero-order valence-electron chi connectivity index (χ0n) is 9.51. The van der Waals surface area contributed by atoms with Crippen LogP contribution in [-0.4, -0.2) is 32.8 Å². The average Bonchev–Trinajstić information content (AvgIpc) is 2.70. The molecule has 0 unspecified atom stereocenters. The number of imidazole rings is 1. The molecule has 0 amide bonds. The van der Waals surface area contributed by atoms with Crippen molar-refractivity contribution in [2.45, 2.75) is 19.9 Å². The first-order valence-electron chi connectivity index (χ1n) is 5.40. The molecule has 0 aliphatic rings. The van der Waals surface area contributed by atoms with E-state index in [1.165, 1.54) is 0 Å². The number of aliphatic hydroxyl groups excluding tert-OH is 1. The molecule has 0 aromatic carbocycles. The van der Waals surface area contributed by atoms with E-state index in [1.54, 1.807) is 12.5 Å². The zero-order valence-corrected chi connectivity index (χ0v) is 9.51. The number of nitrogens with zero attached hydrogens (tertiary/aromatic N) is 3. The Hall–Kier alpha value is -1.62. The van der Waals surface area contributed by atoms with Crippen LogP contribution < -0.4 is 5.32 Å². The monoisotopic (exact) mass is 220 g/mol. The van der Waals surface area contributed by atoms with E-state index < -0.39 is 0 Å². The van der Waals surface area contributed by atoms with E-state index in [1.807, 2.05) is 10.6 Å². The van der Waals surface area contributed by atoms with Crippen LogP contribution in [0.15, 0.2) is 18.6 Å². The molecule has 5 heteroatoms. The molecule has 0 radical (unpaired) electrons. The van der Waals surface area contributed by atoms with E-state index in [2.05, 4.69) is 29.1 Å². The summed E-state index contributed by atoms with van der Waals surface area (Å²) in [6.07, 6.45) is 3.55. The van der Waals surface area contributed by atoms with Crippen LogP contribution in [0.4, 0.5) is 5.69 Å². The van der Waals surface area contributed by atoms with Crippen LogP contribution in [0.1, 0.15) is 19.9 Å². The topological polar surface area (TPSA) is 63.0 Å². The highest BCUT2D eigenvalue weighted by Gasteiger charge is 2.09. The van der Waals surface area contributed by atoms with Crippen molar-refractivity contribution in [2.24, 2.45) is 0 Å². The van der Waals surface area contributed by atoms with Crippen LogP contribution in [0.2, 0.25) is 0 Å². The van der Waals surface area contributed by atoms with Gasteiger partial charge in [-0.1, -0.05) is 0 Å². The third-order valence-electron chi connectivity index (χ3n) is 2.44. The molecule has 0 spiro atoms. The summed E-state index contributed by atoms with van der Waals surface area (Å²) in [6, 6.07) is 2.21. The van der Waals surface area contributed by atoms with Crippen molar-refractivity contribution in [3.63, 3.8) is 0 Å². The van der Waals surface area contributed by atoms with E-state index in [0.29, 0.717) is 12.6 Å². The van der Waals surface area contributed by atoms with E-state index in [-0.39, 0.29) is 6.61 Å². The van der Waals surface area contributed by atoms with Gasteiger partial charge in [0.2, 0.25) is 0 Å². The first-order valence-corrected chi connectivity index (χ1v) is 5.40. The lowest BCUT2D eigenvalue weighted by molar-refractivity contribution is 0.311. The molecular formula is C11H16N4O. The van der Waals surface area contributed by atoms with Crippen LogP contribution >= 0.6 is 0 Å². The summed E-state index contributed by atoms with van der Waals surface area (Å²) in [5.41, 5.74) is 2.64. The molecule has 0 atom stereocenters. The van der Waals surface area contributed by atoms with Crippen molar-refractivity contribution in [1.29, 1.82) is 0 Å². The number of aromatic nitrogens is 3. The molecular weight excluding hydrogens is 204 g/mol. The first-order chi connectivity index (χ1) is 7.74. The minimum absolute atomic E-state index is 0.106. The Bertz CT molecular complexity index is 478. The van der Waals surface area contributed by atoms with Gasteiger partial charge in [-0.15, -0.1) is 0 Å². The van der Waals surface area contributed by atoms with Gasteiger partial charge in [-0.2, -0.15) is 0 Å². The van der Waals surface area contributed by atoms with E-state index in [9.17, 15) is 0 Å². The van der Waals surface area contributed by atoms with Gasteiger partial charge in [-0.3, -0.25) is 0 Å². The zero-order chi connectivity index (χ0) is 11.5. The maximum atomic E-state index is 8.79. The summed E-state index contributed by atoms with van der Waals surface area (Å²) in [7, 11) is 0. The average molecular weight is 220 g/mol. The van der Waals surface area contributed by atoms with Gasteiger partial charge in [0.1, 0.15) is 5.52 Å². The fourth-order valence-corrected chi connectivity index (χ4v) is 1.64. The summed E-state index contributed by atoms with van der Waals surface area (Å²) >= 11 is 0. The lowest BCUT2D eigenvalue weighted by atomic mass is 10.3. The van der Waals surface area contributed by atoms with Gasteiger partial charge in [-0.05, 0) is 19.9 Å². The Morgan fingerprint density at radius 2 is 2.25 bits per heavy atom. The maximum absolute atomic E-state index is 8.79. The second-order valence-corrected chi connectivity index (χ2v) is 3.93. The van der Waals surface area contributed by atoms with Gasteiger partial charge in [-0.25, -0.2) is 9.97 Å². The number of hydrogen-bond donors (Lipinski definition) is 2. The number of aliphatic hydroxyl groups is 1. The van der Waals surface area contributed by atoms with Crippen LogP contribution in [0.25, 0.3) is 11.2 Å². The number of pyridine rings is 1. The fraction of sp³-hybridized carbons (Fsp3) is 0.455. The lowest BCUT2D eigenvalue weighted by Gasteiger charge is -2.08. The van der Waals surface area contributed by atoms with Crippen molar-refractivity contribution in [3.8, 4) is 0 Å². The van der Waals surface area contributed by atoms with Crippen LogP contribution in [0.5, 0.6) is 0 Å². The number of rotatable bonds is 4. The largest absolute Gasteiger partial charge is 0.395 e. The Morgan fingerprint density at radius 1 is 1.44 bits per heavy atom. The molecule has 0 saturated heterocycles. The normalized spacial score (nSPS) is 11.2. The highest BCUT2D eigenvalue weighted by Crippen LogP contribution is 2.21. The van der Waals surface area contributed by atoms with Gasteiger partial charge in [0.15, 0.2) is 5.65 Å². The van der Waals surface area contributed by atoms with Gasteiger partial charge in [0.05, 0.1) is 18.6 Å². The van der Waals surface area contributed by atoms with Crippen molar-refractivity contribution in [1.82, 2.24) is 14.5 Å². The molecule has 2 aromatic rings. The molecule has 2 rings (SSSR count). The Balaban J connectivity index is 2.45. The predicted molar refractivity (Wildman–Crippen MR) is 63.5 cm³/mol. The number of fused-ring (bicyclic) bond motifs is 1. The molecule has 2 N–H and O–H groups in total. The second-order valence-electron chi connectivity index (χ2n) is 3.93. The smallest absolute Gasteiger partial charge is 0.162 e. The summed E-state index contributed by atoms with van der Waals surface area (Å²) < 4.78 is 2.03. The number of hydrogen-bond acceptors (Lipinski definition) is 4. The molecule has 5 nitrogen and oxygen atoms in total. The van der Waals surface area contributed by atoms with E-state index >= 15 is 0 Å². The Kier molecular flexibility index (Phi) is 3.05. The lowest BCUT2D eigenvalue weighted by Crippen LogP contribution is -2.06. The quantitative estimate of drug-likeness (QED) is 0.818. The molecule has 0 fully saturated rings. The highest BCUT2D eigenvalue weighted by molar-refractivity contribution is 5.85. The third-order valence-corrected chi connectivity index (χ3v) is 2.44.